The van der Waals surface area contributed by atoms with Crippen molar-refractivity contribution in [3.05, 3.63) is 83.4 Å². The number of sulfonamides is 1. The minimum Gasteiger partial charge on any atom is -0.298 e. The maximum Gasteiger partial charge on any atom is 0.266 e. The van der Waals surface area contributed by atoms with E-state index >= 15 is 0 Å². The highest BCUT2D eigenvalue weighted by Gasteiger charge is 2.36. The summed E-state index contributed by atoms with van der Waals surface area (Å²) in [4.78, 5) is 43.8. The van der Waals surface area contributed by atoms with E-state index in [1.165, 1.54) is 25.2 Å². The smallest absolute Gasteiger partial charge is 0.266 e. The number of anilines is 2. The molecule has 0 bridgehead atoms. The second kappa shape index (κ2) is 8.13. The molecule has 170 valence electrons. The van der Waals surface area contributed by atoms with Crippen LogP contribution in [0.15, 0.2) is 71.6 Å². The largest absolute Gasteiger partial charge is 0.298 e. The Hall–Kier alpha value is -3.93. The lowest BCUT2D eigenvalue weighted by atomic mass is 10.1. The molecule has 5 rings (SSSR count). The van der Waals surface area contributed by atoms with Crippen molar-refractivity contribution in [2.45, 2.75) is 4.90 Å². The summed E-state index contributed by atoms with van der Waals surface area (Å²) >= 11 is 1.13. The molecule has 3 amide bonds. The molecule has 0 unspecified atom stereocenters. The zero-order valence-corrected chi connectivity index (χ0v) is 19.2. The van der Waals surface area contributed by atoms with Crippen LogP contribution in [0.1, 0.15) is 31.1 Å². The fourth-order valence-electron chi connectivity index (χ4n) is 3.62. The Morgan fingerprint density at radius 2 is 1.65 bits per heavy atom. The van der Waals surface area contributed by atoms with E-state index in [1.54, 1.807) is 48.5 Å². The predicted octanol–water partition coefficient (Wildman–Crippen LogP) is 3.26. The molecule has 34 heavy (non-hydrogen) atoms. The third-order valence-electron chi connectivity index (χ3n) is 5.32. The number of fused-ring (bicyclic) bond motifs is 2. The average molecular weight is 493 g/mol. The van der Waals surface area contributed by atoms with Crippen LogP contribution in [0.4, 0.5) is 10.8 Å². The van der Waals surface area contributed by atoms with Crippen LogP contribution in [0.2, 0.25) is 0 Å². The lowest BCUT2D eigenvalue weighted by Gasteiger charge is -2.14. The SMILES string of the molecule is CNS(=O)(=O)c1ccc2nc(NC(=O)c3cccc(N4C(=O)c5ccccc5C4=O)c3)sc2c1. The van der Waals surface area contributed by atoms with E-state index in [9.17, 15) is 22.8 Å². The third kappa shape index (κ3) is 3.65. The minimum absolute atomic E-state index is 0.0951. The first-order chi connectivity index (χ1) is 16.3. The monoisotopic (exact) mass is 492 g/mol. The number of hydrogen-bond donors (Lipinski definition) is 2. The molecule has 1 aromatic heterocycles. The Morgan fingerprint density at radius 3 is 2.32 bits per heavy atom. The van der Waals surface area contributed by atoms with E-state index in [-0.39, 0.29) is 21.3 Å². The van der Waals surface area contributed by atoms with Crippen LogP contribution in [-0.2, 0) is 10.0 Å². The van der Waals surface area contributed by atoms with Gasteiger partial charge in [-0.05, 0) is 55.6 Å². The Labute approximate surface area is 198 Å². The van der Waals surface area contributed by atoms with Gasteiger partial charge in [-0.1, -0.05) is 29.5 Å². The van der Waals surface area contributed by atoms with Gasteiger partial charge in [0, 0.05) is 5.56 Å². The molecule has 1 aliphatic rings. The second-order valence-electron chi connectivity index (χ2n) is 7.35. The van der Waals surface area contributed by atoms with Crippen molar-refractivity contribution in [3.8, 4) is 0 Å². The molecule has 3 aromatic carbocycles. The highest BCUT2D eigenvalue weighted by atomic mass is 32.2. The normalized spacial score (nSPS) is 13.4. The maximum absolute atomic E-state index is 12.9. The molecule has 0 aliphatic carbocycles. The topological polar surface area (TPSA) is 126 Å². The van der Waals surface area contributed by atoms with Gasteiger partial charge in [0.1, 0.15) is 0 Å². The first kappa shape index (κ1) is 21.9. The number of aromatic nitrogens is 1. The van der Waals surface area contributed by atoms with E-state index in [4.69, 9.17) is 0 Å². The number of carbonyl (C=O) groups is 3. The van der Waals surface area contributed by atoms with Crippen molar-refractivity contribution >= 4 is 60.1 Å². The summed E-state index contributed by atoms with van der Waals surface area (Å²) in [5.41, 5.74) is 1.68. The summed E-state index contributed by atoms with van der Waals surface area (Å²) in [6, 6.07) is 17.2. The molecule has 11 heteroatoms. The van der Waals surface area contributed by atoms with Gasteiger partial charge < -0.3 is 0 Å². The Kier molecular flexibility index (Phi) is 5.24. The van der Waals surface area contributed by atoms with Crippen molar-refractivity contribution in [1.29, 1.82) is 0 Å². The fourth-order valence-corrected chi connectivity index (χ4v) is 5.35. The lowest BCUT2D eigenvalue weighted by Crippen LogP contribution is -2.29. The van der Waals surface area contributed by atoms with Crippen molar-refractivity contribution in [1.82, 2.24) is 9.71 Å². The number of nitrogens with one attached hydrogen (secondary N) is 2. The first-order valence-corrected chi connectivity index (χ1v) is 12.3. The Balaban J connectivity index is 1.40. The number of benzene rings is 3. The van der Waals surface area contributed by atoms with Crippen LogP contribution in [-0.4, -0.2) is 38.2 Å². The average Bonchev–Trinajstić information content (AvgIpc) is 3.36. The van der Waals surface area contributed by atoms with Crippen LogP contribution in [0.25, 0.3) is 10.2 Å². The second-order valence-corrected chi connectivity index (χ2v) is 10.3. The van der Waals surface area contributed by atoms with Crippen LogP contribution in [0.3, 0.4) is 0 Å². The molecule has 0 fully saturated rings. The number of amides is 3. The van der Waals surface area contributed by atoms with Crippen LogP contribution in [0.5, 0.6) is 0 Å². The number of imide groups is 1. The van der Waals surface area contributed by atoms with E-state index in [1.807, 2.05) is 0 Å². The fraction of sp³-hybridized carbons (Fsp3) is 0.0435. The highest BCUT2D eigenvalue weighted by molar-refractivity contribution is 7.89. The van der Waals surface area contributed by atoms with E-state index < -0.39 is 27.7 Å². The molecule has 2 heterocycles. The van der Waals surface area contributed by atoms with E-state index in [0.29, 0.717) is 21.3 Å². The van der Waals surface area contributed by atoms with Crippen LogP contribution >= 0.6 is 11.3 Å². The summed E-state index contributed by atoms with van der Waals surface area (Å²) in [7, 11) is -2.28. The van der Waals surface area contributed by atoms with Gasteiger partial charge in [-0.25, -0.2) is 23.0 Å². The molecule has 2 N–H and O–H groups in total. The van der Waals surface area contributed by atoms with Crippen molar-refractivity contribution in [3.63, 3.8) is 0 Å². The summed E-state index contributed by atoms with van der Waals surface area (Å²) < 4.78 is 26.9. The Bertz CT molecular complexity index is 1580. The van der Waals surface area contributed by atoms with Crippen molar-refractivity contribution in [2.24, 2.45) is 0 Å². The number of rotatable bonds is 5. The number of hydrogen-bond acceptors (Lipinski definition) is 7. The molecule has 1 aliphatic heterocycles. The third-order valence-corrected chi connectivity index (χ3v) is 7.67. The van der Waals surface area contributed by atoms with Crippen LogP contribution < -0.4 is 14.9 Å². The number of carbonyl (C=O) groups excluding carboxylic acids is 3. The van der Waals surface area contributed by atoms with Gasteiger partial charge in [-0.2, -0.15) is 0 Å². The zero-order chi connectivity index (χ0) is 24.0. The van der Waals surface area contributed by atoms with E-state index in [0.717, 1.165) is 16.2 Å². The van der Waals surface area contributed by atoms with E-state index in [2.05, 4.69) is 15.0 Å². The Morgan fingerprint density at radius 1 is 0.941 bits per heavy atom. The highest BCUT2D eigenvalue weighted by Crippen LogP contribution is 2.30. The zero-order valence-electron chi connectivity index (χ0n) is 17.6. The number of nitrogens with zero attached hydrogens (tertiary/aromatic N) is 2. The summed E-state index contributed by atoms with van der Waals surface area (Å²) in [6.07, 6.45) is 0. The van der Waals surface area contributed by atoms with Gasteiger partial charge in [0.15, 0.2) is 5.13 Å². The van der Waals surface area contributed by atoms with Gasteiger partial charge in [0.25, 0.3) is 17.7 Å². The van der Waals surface area contributed by atoms with Gasteiger partial charge >= 0.3 is 0 Å². The molecular weight excluding hydrogens is 476 g/mol. The molecule has 0 spiro atoms. The quantitative estimate of drug-likeness (QED) is 0.412. The predicted molar refractivity (Wildman–Crippen MR) is 128 cm³/mol. The van der Waals surface area contributed by atoms with Crippen molar-refractivity contribution < 1.29 is 22.8 Å². The lowest BCUT2D eigenvalue weighted by molar-refractivity contribution is 0.0924. The molecule has 0 saturated heterocycles. The van der Waals surface area contributed by atoms with Crippen molar-refractivity contribution in [2.75, 3.05) is 17.3 Å². The standard InChI is InChI=1S/C23H16N4O5S2/c1-24-34(31,32)15-9-10-18-19(12-15)33-23(25-18)26-20(28)13-5-4-6-14(11-13)27-21(29)16-7-2-3-8-17(16)22(27)30/h2-12,24H,1H3,(H,25,26,28). The summed E-state index contributed by atoms with van der Waals surface area (Å²) in [5, 5.41) is 2.97. The van der Waals surface area contributed by atoms with Gasteiger partial charge in [-0.15, -0.1) is 0 Å². The van der Waals surface area contributed by atoms with Gasteiger partial charge in [0.05, 0.1) is 31.9 Å². The molecule has 0 atom stereocenters. The molecule has 4 aromatic rings. The number of thiazole rings is 1. The molecule has 0 saturated carbocycles. The van der Waals surface area contributed by atoms with Crippen LogP contribution in [0, 0.1) is 0 Å². The summed E-state index contributed by atoms with van der Waals surface area (Å²) in [6.45, 7) is 0. The summed E-state index contributed by atoms with van der Waals surface area (Å²) in [5.74, 6) is -1.38. The van der Waals surface area contributed by atoms with Gasteiger partial charge in [-0.3, -0.25) is 19.7 Å². The molecule has 9 nitrogen and oxygen atoms in total. The molecular formula is C23H16N4O5S2. The van der Waals surface area contributed by atoms with Gasteiger partial charge in [0.2, 0.25) is 10.0 Å². The first-order valence-electron chi connectivity index (χ1n) is 10.0. The minimum atomic E-state index is -3.61. The maximum atomic E-state index is 12.9. The molecule has 0 radical (unpaired) electrons.